The number of aromatic nitrogens is 3. The van der Waals surface area contributed by atoms with E-state index < -0.39 is 10.0 Å². The van der Waals surface area contributed by atoms with Crippen molar-refractivity contribution in [2.75, 3.05) is 19.4 Å². The Morgan fingerprint density at radius 2 is 1.94 bits per heavy atom. The molecule has 0 unspecified atom stereocenters. The van der Waals surface area contributed by atoms with Crippen LogP contribution in [0.2, 0.25) is 0 Å². The fraction of sp³-hybridized carbons (Fsp3) is 0.435. The Morgan fingerprint density at radius 3 is 2.62 bits per heavy atom. The van der Waals surface area contributed by atoms with Crippen LogP contribution in [-0.2, 0) is 21.4 Å². The van der Waals surface area contributed by atoms with Gasteiger partial charge in [0.2, 0.25) is 15.9 Å². The minimum atomic E-state index is -3.72. The maximum absolute atomic E-state index is 12.8. The molecule has 3 N–H and O–H groups in total. The van der Waals surface area contributed by atoms with E-state index in [1.165, 1.54) is 33.5 Å². The first-order valence-corrected chi connectivity index (χ1v) is 12.8. The third-order valence-corrected chi connectivity index (χ3v) is 8.08. The molecule has 182 valence electrons. The maximum atomic E-state index is 12.8. The number of pyridine rings is 1. The Hall–Kier alpha value is -3.18. The highest BCUT2D eigenvalue weighted by molar-refractivity contribution is 7.89. The standard InChI is InChI=1S/C23H30N6O4S/c1-15(30)25-14-16-13-17(9-10-20(16)34(32,33)28(2)3)26-22-21-19(11-12-24-23(21)31)29(27-22)18-7-5-4-6-8-18/h9-13,18H,4-8,14H2,1-3H3,(H,24,31)(H,25,30)(H,26,27). The Bertz CT molecular complexity index is 1370. The van der Waals surface area contributed by atoms with Gasteiger partial charge in [-0.2, -0.15) is 5.10 Å². The van der Waals surface area contributed by atoms with E-state index in [2.05, 4.69) is 15.6 Å². The molecule has 0 bridgehead atoms. The van der Waals surface area contributed by atoms with Crippen molar-refractivity contribution in [1.82, 2.24) is 24.4 Å². The number of fused-ring (bicyclic) bond motifs is 1. The highest BCUT2D eigenvalue weighted by Gasteiger charge is 2.24. The molecular weight excluding hydrogens is 456 g/mol. The van der Waals surface area contributed by atoms with E-state index >= 15 is 0 Å². The first-order chi connectivity index (χ1) is 16.2. The molecule has 34 heavy (non-hydrogen) atoms. The highest BCUT2D eigenvalue weighted by Crippen LogP contribution is 2.33. The Labute approximate surface area is 198 Å². The van der Waals surface area contributed by atoms with E-state index in [9.17, 15) is 18.0 Å². The van der Waals surface area contributed by atoms with Crippen molar-refractivity contribution in [2.24, 2.45) is 0 Å². The summed E-state index contributed by atoms with van der Waals surface area (Å²) in [6.07, 6.45) is 7.13. The van der Waals surface area contributed by atoms with Crippen molar-refractivity contribution >= 4 is 38.3 Å². The van der Waals surface area contributed by atoms with Crippen molar-refractivity contribution in [3.8, 4) is 0 Å². The van der Waals surface area contributed by atoms with Gasteiger partial charge >= 0.3 is 0 Å². The van der Waals surface area contributed by atoms with Crippen LogP contribution in [0.3, 0.4) is 0 Å². The number of hydrogen-bond donors (Lipinski definition) is 3. The molecule has 0 radical (unpaired) electrons. The van der Waals surface area contributed by atoms with E-state index in [-0.39, 0.29) is 28.9 Å². The molecule has 2 aromatic heterocycles. The molecule has 1 aromatic carbocycles. The number of amides is 1. The number of hydrogen-bond acceptors (Lipinski definition) is 6. The van der Waals surface area contributed by atoms with Crippen molar-refractivity contribution in [2.45, 2.75) is 56.5 Å². The van der Waals surface area contributed by atoms with Crippen LogP contribution in [0.4, 0.5) is 11.5 Å². The molecule has 11 heteroatoms. The van der Waals surface area contributed by atoms with Gasteiger partial charge in [-0.15, -0.1) is 0 Å². The maximum Gasteiger partial charge on any atom is 0.261 e. The summed E-state index contributed by atoms with van der Waals surface area (Å²) in [5.41, 5.74) is 1.52. The van der Waals surface area contributed by atoms with Gasteiger partial charge in [0.25, 0.3) is 5.56 Å². The summed E-state index contributed by atoms with van der Waals surface area (Å²) >= 11 is 0. The van der Waals surface area contributed by atoms with E-state index in [4.69, 9.17) is 5.10 Å². The number of rotatable bonds is 7. The van der Waals surface area contributed by atoms with Crippen LogP contribution < -0.4 is 16.2 Å². The van der Waals surface area contributed by atoms with Gasteiger partial charge in [-0.3, -0.25) is 14.3 Å². The Balaban J connectivity index is 1.76. The lowest BCUT2D eigenvalue weighted by Crippen LogP contribution is -2.26. The molecule has 1 fully saturated rings. The number of nitrogens with one attached hydrogen (secondary N) is 3. The van der Waals surface area contributed by atoms with Crippen LogP contribution in [0, 0.1) is 0 Å². The van der Waals surface area contributed by atoms with Gasteiger partial charge in [0, 0.05) is 39.4 Å². The van der Waals surface area contributed by atoms with Crippen LogP contribution in [0.5, 0.6) is 0 Å². The second kappa shape index (κ2) is 9.59. The van der Waals surface area contributed by atoms with Gasteiger partial charge in [-0.05, 0) is 42.7 Å². The second-order valence-corrected chi connectivity index (χ2v) is 10.9. The average molecular weight is 487 g/mol. The summed E-state index contributed by atoms with van der Waals surface area (Å²) < 4.78 is 28.7. The number of H-pyrrole nitrogens is 1. The van der Waals surface area contributed by atoms with Crippen LogP contribution in [-0.4, -0.2) is 47.5 Å². The predicted molar refractivity (Wildman–Crippen MR) is 131 cm³/mol. The first kappa shape index (κ1) is 24.0. The van der Waals surface area contributed by atoms with Crippen LogP contribution >= 0.6 is 0 Å². The summed E-state index contributed by atoms with van der Waals surface area (Å²) in [5, 5.41) is 11.1. The van der Waals surface area contributed by atoms with Crippen LogP contribution in [0.1, 0.15) is 50.6 Å². The van der Waals surface area contributed by atoms with E-state index in [1.54, 1.807) is 18.3 Å². The van der Waals surface area contributed by atoms with Gasteiger partial charge in [0.1, 0.15) is 5.39 Å². The molecule has 10 nitrogen and oxygen atoms in total. The molecule has 0 atom stereocenters. The Morgan fingerprint density at radius 1 is 1.21 bits per heavy atom. The second-order valence-electron chi connectivity index (χ2n) is 8.80. The lowest BCUT2D eigenvalue weighted by Gasteiger charge is -2.22. The number of carbonyl (C=O) groups excluding carboxylic acids is 1. The SMILES string of the molecule is CC(=O)NCc1cc(Nc2nn(C3CCCCC3)c3cc[nH]c(=O)c23)ccc1S(=O)(=O)N(C)C. The molecule has 0 aliphatic heterocycles. The topological polar surface area (TPSA) is 129 Å². The molecule has 0 saturated heterocycles. The molecule has 1 saturated carbocycles. The summed E-state index contributed by atoms with van der Waals surface area (Å²) in [7, 11) is -0.801. The number of aromatic amines is 1. The third-order valence-electron chi connectivity index (χ3n) is 6.16. The van der Waals surface area contributed by atoms with Gasteiger partial charge in [-0.25, -0.2) is 12.7 Å². The fourth-order valence-electron chi connectivity index (χ4n) is 4.39. The van der Waals surface area contributed by atoms with Gasteiger partial charge < -0.3 is 15.6 Å². The number of nitrogens with zero attached hydrogens (tertiary/aromatic N) is 3. The van der Waals surface area contributed by atoms with Gasteiger partial charge in [0.05, 0.1) is 16.5 Å². The lowest BCUT2D eigenvalue weighted by molar-refractivity contribution is -0.119. The molecular formula is C23H30N6O4S. The minimum Gasteiger partial charge on any atom is -0.352 e. The zero-order chi connectivity index (χ0) is 24.5. The number of anilines is 2. The molecule has 1 aliphatic rings. The minimum absolute atomic E-state index is 0.0467. The van der Waals surface area contributed by atoms with Crippen molar-refractivity contribution in [3.05, 3.63) is 46.4 Å². The Kier molecular flexibility index (Phi) is 6.76. The zero-order valence-corrected chi connectivity index (χ0v) is 20.4. The number of sulfonamides is 1. The number of benzene rings is 1. The van der Waals surface area contributed by atoms with Gasteiger partial charge in [0.15, 0.2) is 5.82 Å². The summed E-state index contributed by atoms with van der Waals surface area (Å²) in [6.45, 7) is 1.42. The van der Waals surface area contributed by atoms with Crippen molar-refractivity contribution < 1.29 is 13.2 Å². The molecule has 2 heterocycles. The molecule has 3 aromatic rings. The van der Waals surface area contributed by atoms with E-state index in [0.717, 1.165) is 35.5 Å². The molecule has 1 amide bonds. The largest absolute Gasteiger partial charge is 0.352 e. The van der Waals surface area contributed by atoms with Crippen molar-refractivity contribution in [1.29, 1.82) is 0 Å². The smallest absolute Gasteiger partial charge is 0.261 e. The van der Waals surface area contributed by atoms with Crippen LogP contribution in [0.25, 0.3) is 10.9 Å². The first-order valence-electron chi connectivity index (χ1n) is 11.4. The highest BCUT2D eigenvalue weighted by atomic mass is 32.2. The summed E-state index contributed by atoms with van der Waals surface area (Å²) in [6, 6.07) is 6.89. The molecule has 1 aliphatic carbocycles. The summed E-state index contributed by atoms with van der Waals surface area (Å²) in [5.74, 6) is 0.145. The number of carbonyl (C=O) groups is 1. The lowest BCUT2D eigenvalue weighted by atomic mass is 9.95. The zero-order valence-electron chi connectivity index (χ0n) is 19.6. The molecule has 0 spiro atoms. The van der Waals surface area contributed by atoms with Crippen LogP contribution in [0.15, 0.2) is 40.2 Å². The van der Waals surface area contributed by atoms with E-state index in [1.807, 2.05) is 10.7 Å². The molecule has 4 rings (SSSR count). The average Bonchev–Trinajstić information content (AvgIpc) is 3.17. The summed E-state index contributed by atoms with van der Waals surface area (Å²) in [4.78, 5) is 27.0. The quantitative estimate of drug-likeness (QED) is 0.471. The monoisotopic (exact) mass is 486 g/mol. The normalized spacial score (nSPS) is 15.1. The van der Waals surface area contributed by atoms with Crippen molar-refractivity contribution in [3.63, 3.8) is 0 Å². The van der Waals surface area contributed by atoms with Gasteiger partial charge in [-0.1, -0.05) is 19.3 Å². The fourth-order valence-corrected chi connectivity index (χ4v) is 5.49. The van der Waals surface area contributed by atoms with E-state index in [0.29, 0.717) is 22.5 Å². The predicted octanol–water partition coefficient (Wildman–Crippen LogP) is 2.86. The third kappa shape index (κ3) is 4.71.